The Bertz CT molecular complexity index is 148. The second-order valence-corrected chi connectivity index (χ2v) is 4.24. The number of nitrogens with zero attached hydrogens (tertiary/aromatic N) is 2. The Balaban J connectivity index is 0.00000196. The number of ether oxygens (including phenoxy) is 1. The molecule has 0 bridgehead atoms. The van der Waals surface area contributed by atoms with Crippen molar-refractivity contribution in [3.8, 4) is 0 Å². The molecule has 0 unspecified atom stereocenters. The molecule has 1 radical (unpaired) electrons. The molecule has 1 fully saturated rings. The summed E-state index contributed by atoms with van der Waals surface area (Å²) in [4.78, 5) is 2.52. The Morgan fingerprint density at radius 3 is 2.40 bits per heavy atom. The van der Waals surface area contributed by atoms with Crippen molar-refractivity contribution in [3.63, 3.8) is 0 Å². The van der Waals surface area contributed by atoms with Gasteiger partial charge < -0.3 is 15.0 Å². The molecular weight excluding hydrogens is 227 g/mol. The van der Waals surface area contributed by atoms with Crippen LogP contribution in [0, 0.1) is 0 Å². The van der Waals surface area contributed by atoms with E-state index in [0.717, 1.165) is 13.2 Å². The van der Waals surface area contributed by atoms with Crippen LogP contribution in [-0.2, 0) is 23.3 Å². The minimum Gasteiger partial charge on any atom is -0.663 e. The van der Waals surface area contributed by atoms with E-state index in [0.29, 0.717) is 12.1 Å². The van der Waals surface area contributed by atoms with Crippen LogP contribution in [0.2, 0.25) is 0 Å². The fourth-order valence-corrected chi connectivity index (χ4v) is 1.87. The topological polar surface area (TPSA) is 26.6 Å². The van der Waals surface area contributed by atoms with Gasteiger partial charge in [0.15, 0.2) is 0 Å². The first-order valence-corrected chi connectivity index (χ1v) is 5.65. The molecule has 0 atom stereocenters. The van der Waals surface area contributed by atoms with Gasteiger partial charge in [0.25, 0.3) is 0 Å². The van der Waals surface area contributed by atoms with E-state index in [4.69, 9.17) is 4.74 Å². The van der Waals surface area contributed by atoms with E-state index in [2.05, 4.69) is 24.1 Å². The van der Waals surface area contributed by atoms with Crippen LogP contribution < -0.4 is 0 Å². The Hall–Kier alpha value is 0.464. The predicted molar refractivity (Wildman–Crippen MR) is 59.8 cm³/mol. The molecule has 0 amide bonds. The number of hydrogen-bond donors (Lipinski definition) is 0. The first kappa shape index (κ1) is 15.5. The second kappa shape index (κ2) is 8.60. The van der Waals surface area contributed by atoms with Crippen LogP contribution >= 0.6 is 0 Å². The van der Waals surface area contributed by atoms with Crippen LogP contribution in [0.25, 0.3) is 5.32 Å². The second-order valence-electron chi connectivity index (χ2n) is 4.24. The Kier molecular flexibility index (Phi) is 8.86. The van der Waals surface area contributed by atoms with Gasteiger partial charge in [-0.25, -0.2) is 0 Å². The average molecular weight is 250 g/mol. The summed E-state index contributed by atoms with van der Waals surface area (Å²) in [6.07, 6.45) is 2.84. The molecule has 15 heavy (non-hydrogen) atoms. The predicted octanol–water partition coefficient (Wildman–Crippen LogP) is 1.88. The maximum atomic E-state index is 5.73. The van der Waals surface area contributed by atoms with Gasteiger partial charge >= 0.3 is 0 Å². The van der Waals surface area contributed by atoms with Gasteiger partial charge in [-0.1, -0.05) is 0 Å². The van der Waals surface area contributed by atoms with E-state index < -0.39 is 0 Å². The number of piperidine rings is 1. The van der Waals surface area contributed by atoms with Gasteiger partial charge in [-0.05, 0) is 26.7 Å². The standard InChI is InChI=1S/C11H23N2O.V/c1-10(2)13-7-4-11(5-8-13)14-9-6-12-3;/h10-11H,4-9H2,1-3H3;/q-1;. The summed E-state index contributed by atoms with van der Waals surface area (Å²) >= 11 is 0. The summed E-state index contributed by atoms with van der Waals surface area (Å²) in [6, 6.07) is 0.682. The molecule has 4 heteroatoms. The maximum Gasteiger partial charge on any atom is 0.0598 e. The van der Waals surface area contributed by atoms with Crippen molar-refractivity contribution in [2.24, 2.45) is 0 Å². The molecule has 3 nitrogen and oxygen atoms in total. The maximum absolute atomic E-state index is 5.73. The molecule has 0 N–H and O–H groups in total. The Labute approximate surface area is 106 Å². The summed E-state index contributed by atoms with van der Waals surface area (Å²) in [6.45, 7) is 8.53. The smallest absolute Gasteiger partial charge is 0.0598 e. The molecule has 1 heterocycles. The fraction of sp³-hybridized carbons (Fsp3) is 1.00. The monoisotopic (exact) mass is 250 g/mol. The summed E-state index contributed by atoms with van der Waals surface area (Å²) in [5, 5.41) is 4.03. The van der Waals surface area contributed by atoms with E-state index in [1.807, 2.05) is 7.05 Å². The third-order valence-electron chi connectivity index (χ3n) is 2.88. The Morgan fingerprint density at radius 1 is 1.33 bits per heavy atom. The summed E-state index contributed by atoms with van der Waals surface area (Å²) in [7, 11) is 1.84. The Morgan fingerprint density at radius 2 is 1.93 bits per heavy atom. The van der Waals surface area contributed by atoms with Gasteiger partial charge in [0, 0.05) is 44.3 Å². The number of rotatable bonds is 5. The van der Waals surface area contributed by atoms with E-state index in [-0.39, 0.29) is 18.6 Å². The van der Waals surface area contributed by atoms with Gasteiger partial charge in [-0.3, -0.25) is 0 Å². The van der Waals surface area contributed by atoms with Gasteiger partial charge in [0.05, 0.1) is 6.10 Å². The quantitative estimate of drug-likeness (QED) is 0.696. The van der Waals surface area contributed by atoms with Crippen molar-refractivity contribution in [2.75, 3.05) is 33.3 Å². The number of hydrogen-bond acceptors (Lipinski definition) is 2. The van der Waals surface area contributed by atoms with Crippen LogP contribution in [0.4, 0.5) is 0 Å². The summed E-state index contributed by atoms with van der Waals surface area (Å²) < 4.78 is 5.73. The minimum absolute atomic E-state index is 0. The summed E-state index contributed by atoms with van der Waals surface area (Å²) in [5.74, 6) is 0. The van der Waals surface area contributed by atoms with E-state index >= 15 is 0 Å². The number of likely N-dealkylation sites (tertiary alicyclic amines) is 1. The molecular formula is C11H23N2OV-. The fourth-order valence-electron chi connectivity index (χ4n) is 1.87. The molecule has 0 spiro atoms. The van der Waals surface area contributed by atoms with E-state index in [1.54, 1.807) is 0 Å². The van der Waals surface area contributed by atoms with Crippen LogP contribution in [0.5, 0.6) is 0 Å². The molecule has 0 aromatic carbocycles. The first-order chi connectivity index (χ1) is 6.74. The third-order valence-corrected chi connectivity index (χ3v) is 2.88. The molecule has 1 rings (SSSR count). The zero-order valence-corrected chi connectivity index (χ0v) is 11.5. The minimum atomic E-state index is 0. The van der Waals surface area contributed by atoms with Crippen LogP contribution in [0.1, 0.15) is 26.7 Å². The summed E-state index contributed by atoms with van der Waals surface area (Å²) in [5.41, 5.74) is 0. The normalized spacial score (nSPS) is 19.2. The zero-order chi connectivity index (χ0) is 10.4. The van der Waals surface area contributed by atoms with Gasteiger partial charge in [0.2, 0.25) is 0 Å². The molecule has 89 valence electrons. The molecule has 1 aliphatic rings. The molecule has 0 aliphatic carbocycles. The van der Waals surface area contributed by atoms with Crippen molar-refractivity contribution in [1.82, 2.24) is 4.90 Å². The molecule has 1 saturated heterocycles. The van der Waals surface area contributed by atoms with Crippen LogP contribution in [0.15, 0.2) is 0 Å². The van der Waals surface area contributed by atoms with E-state index in [1.165, 1.54) is 25.9 Å². The van der Waals surface area contributed by atoms with Gasteiger partial charge in [0.1, 0.15) is 0 Å². The first-order valence-electron chi connectivity index (χ1n) is 5.65. The van der Waals surface area contributed by atoms with Gasteiger partial charge in [-0.2, -0.15) is 7.05 Å². The van der Waals surface area contributed by atoms with Crippen molar-refractivity contribution >= 4 is 0 Å². The van der Waals surface area contributed by atoms with Crippen molar-refractivity contribution in [1.29, 1.82) is 0 Å². The van der Waals surface area contributed by atoms with Crippen LogP contribution in [0.3, 0.4) is 0 Å². The number of likely N-dealkylation sites (N-methyl/N-ethyl adjacent to an activating group) is 1. The SMILES string of the molecule is C[N-]CCOC1CCN(C(C)C)CC1.[V]. The molecule has 0 aromatic rings. The largest absolute Gasteiger partial charge is 0.663 e. The van der Waals surface area contributed by atoms with E-state index in [9.17, 15) is 0 Å². The van der Waals surface area contributed by atoms with Crippen molar-refractivity contribution < 1.29 is 23.3 Å². The van der Waals surface area contributed by atoms with Crippen LogP contribution in [-0.4, -0.2) is 50.3 Å². The molecule has 1 aliphatic heterocycles. The molecule has 0 saturated carbocycles. The average Bonchev–Trinajstić information content (AvgIpc) is 2.19. The van der Waals surface area contributed by atoms with Crippen molar-refractivity contribution in [2.45, 2.75) is 38.8 Å². The van der Waals surface area contributed by atoms with Gasteiger partial charge in [-0.15, -0.1) is 6.54 Å². The van der Waals surface area contributed by atoms with Crippen molar-refractivity contribution in [3.05, 3.63) is 5.32 Å². The zero-order valence-electron chi connectivity index (χ0n) is 10.1. The molecule has 0 aromatic heterocycles. The third kappa shape index (κ3) is 5.93.